The quantitative estimate of drug-likeness (QED) is 0.370. The van der Waals surface area contributed by atoms with Gasteiger partial charge in [-0.25, -0.2) is 0 Å². The Morgan fingerprint density at radius 3 is 1.25 bits per heavy atom. The Morgan fingerprint density at radius 2 is 1.25 bits per heavy atom. The van der Waals surface area contributed by atoms with Crippen molar-refractivity contribution in [2.75, 3.05) is 0 Å². The summed E-state index contributed by atoms with van der Waals surface area (Å²) in [5.41, 5.74) is 9.97. The molecule has 0 aliphatic rings. The van der Waals surface area contributed by atoms with Gasteiger partial charge in [0.05, 0.1) is 11.7 Å². The van der Waals surface area contributed by atoms with Crippen molar-refractivity contribution >= 4 is 17.6 Å². The Hall–Kier alpha value is -1.59. The van der Waals surface area contributed by atoms with E-state index in [9.17, 15) is 0 Å². The fourth-order valence-electron chi connectivity index (χ4n) is 0.539. The van der Waals surface area contributed by atoms with Crippen LogP contribution in [0.1, 0.15) is 46.5 Å². The van der Waals surface area contributed by atoms with Crippen LogP contribution in [0.3, 0.4) is 0 Å². The number of nitrogens with two attached hydrogens (primary N) is 2. The van der Waals surface area contributed by atoms with Crippen molar-refractivity contribution in [3.05, 3.63) is 0 Å². The Kier molecular flexibility index (Phi) is 19.7. The van der Waals surface area contributed by atoms with Crippen LogP contribution in [0.5, 0.6) is 0 Å². The molecule has 0 heterocycles. The van der Waals surface area contributed by atoms with E-state index in [4.69, 9.17) is 32.2 Å². The van der Waals surface area contributed by atoms with Crippen LogP contribution in [0, 0.1) is 10.8 Å². The highest BCUT2D eigenvalue weighted by Crippen LogP contribution is 1.80. The van der Waals surface area contributed by atoms with E-state index in [0.717, 1.165) is 32.6 Å². The fourth-order valence-corrected chi connectivity index (χ4v) is 0.539. The molecule has 0 bridgehead atoms. The summed E-state index contributed by atoms with van der Waals surface area (Å²) >= 11 is 0. The smallest absolute Gasteiger partial charge is 0.300 e. The van der Waals surface area contributed by atoms with Crippen LogP contribution in [0.15, 0.2) is 0 Å². The van der Waals surface area contributed by atoms with Gasteiger partial charge in [0.25, 0.3) is 5.97 Å². The van der Waals surface area contributed by atoms with Crippen LogP contribution in [0.25, 0.3) is 0 Å². The third-order valence-corrected chi connectivity index (χ3v) is 1.04. The van der Waals surface area contributed by atoms with Gasteiger partial charge < -0.3 is 16.6 Å². The van der Waals surface area contributed by atoms with Crippen molar-refractivity contribution in [1.82, 2.24) is 0 Å². The third-order valence-electron chi connectivity index (χ3n) is 1.04. The van der Waals surface area contributed by atoms with Gasteiger partial charge >= 0.3 is 0 Å². The van der Waals surface area contributed by atoms with Crippen molar-refractivity contribution in [2.24, 2.45) is 11.5 Å². The molecule has 0 saturated heterocycles. The Labute approximate surface area is 97.0 Å². The van der Waals surface area contributed by atoms with Crippen molar-refractivity contribution in [3.63, 3.8) is 0 Å². The fraction of sp³-hybridized carbons (Fsp3) is 0.700. The maximum absolute atomic E-state index is 9.00. The lowest BCUT2D eigenvalue weighted by molar-refractivity contribution is -0.134. The van der Waals surface area contributed by atoms with Gasteiger partial charge in [-0.1, -0.05) is 13.8 Å². The van der Waals surface area contributed by atoms with E-state index in [-0.39, 0.29) is 11.7 Å². The average Bonchev–Trinajstić information content (AvgIpc) is 2.02. The van der Waals surface area contributed by atoms with Crippen molar-refractivity contribution in [1.29, 1.82) is 10.8 Å². The minimum Gasteiger partial charge on any atom is -0.481 e. The van der Waals surface area contributed by atoms with Crippen LogP contribution in [-0.2, 0) is 4.79 Å². The van der Waals surface area contributed by atoms with E-state index in [1.807, 2.05) is 13.8 Å². The molecule has 0 radical (unpaired) electrons. The molecule has 0 unspecified atom stereocenters. The van der Waals surface area contributed by atoms with E-state index < -0.39 is 5.97 Å². The highest BCUT2D eigenvalue weighted by atomic mass is 16.4. The molecule has 0 aliphatic carbocycles. The zero-order valence-electron chi connectivity index (χ0n) is 10.3. The van der Waals surface area contributed by atoms with Gasteiger partial charge in [-0.05, 0) is 12.8 Å². The van der Waals surface area contributed by atoms with Crippen LogP contribution < -0.4 is 11.5 Å². The number of hydrogen-bond donors (Lipinski definition) is 5. The summed E-state index contributed by atoms with van der Waals surface area (Å²) in [5, 5.41) is 20.8. The highest BCUT2D eigenvalue weighted by molar-refractivity contribution is 5.76. The largest absolute Gasteiger partial charge is 0.481 e. The van der Waals surface area contributed by atoms with E-state index in [1.165, 1.54) is 0 Å². The highest BCUT2D eigenvalue weighted by Gasteiger charge is 1.79. The molecule has 0 aromatic heterocycles. The number of amidine groups is 2. The topological polar surface area (TPSA) is 137 Å². The van der Waals surface area contributed by atoms with Crippen molar-refractivity contribution < 1.29 is 9.90 Å². The number of rotatable bonds is 4. The SMILES string of the molecule is CC(=O)O.CCCC(=N)N.CCCC(=N)N. The molecule has 6 heteroatoms. The maximum Gasteiger partial charge on any atom is 0.300 e. The summed E-state index contributed by atoms with van der Waals surface area (Å²) in [6.07, 6.45) is 3.44. The second-order valence-corrected chi connectivity index (χ2v) is 3.07. The zero-order valence-corrected chi connectivity index (χ0v) is 10.3. The standard InChI is InChI=1S/2C4H10N2.C2H4O2/c2*1-2-3-4(5)6;1-2(3)4/h2*2-3H2,1H3,(H3,5,6);1H3,(H,3,4). The summed E-state index contributed by atoms with van der Waals surface area (Å²) in [5.74, 6) is -0.255. The molecule has 0 rings (SSSR count). The number of nitrogens with one attached hydrogen (secondary N) is 2. The van der Waals surface area contributed by atoms with Crippen LogP contribution in [0.4, 0.5) is 0 Å². The maximum atomic E-state index is 9.00. The number of carbonyl (C=O) groups is 1. The van der Waals surface area contributed by atoms with Gasteiger partial charge in [-0.3, -0.25) is 15.6 Å². The zero-order chi connectivity index (χ0) is 13.6. The third kappa shape index (κ3) is 83.1. The lowest BCUT2D eigenvalue weighted by atomic mass is 10.3. The number of hydrogen-bond acceptors (Lipinski definition) is 3. The van der Waals surface area contributed by atoms with Gasteiger partial charge in [-0.2, -0.15) is 0 Å². The monoisotopic (exact) mass is 232 g/mol. The molecule has 0 atom stereocenters. The molecule has 0 aliphatic heterocycles. The van der Waals surface area contributed by atoms with E-state index >= 15 is 0 Å². The van der Waals surface area contributed by atoms with E-state index in [0.29, 0.717) is 0 Å². The lowest BCUT2D eigenvalue weighted by Gasteiger charge is -1.85. The molecular formula is C10H24N4O2. The summed E-state index contributed by atoms with van der Waals surface area (Å²) in [4.78, 5) is 9.00. The molecule has 0 saturated carbocycles. The molecule has 16 heavy (non-hydrogen) atoms. The minimum absolute atomic E-state index is 0.289. The molecule has 0 aromatic carbocycles. The molecule has 0 spiro atoms. The Bertz CT molecular complexity index is 185. The molecule has 0 amide bonds. The average molecular weight is 232 g/mol. The van der Waals surface area contributed by atoms with Crippen LogP contribution >= 0.6 is 0 Å². The molecule has 0 aromatic rings. The summed E-state index contributed by atoms with van der Waals surface area (Å²) in [6, 6.07) is 0. The van der Waals surface area contributed by atoms with Crippen molar-refractivity contribution in [2.45, 2.75) is 46.5 Å². The number of carboxylic acids is 1. The minimum atomic E-state index is -0.833. The second kappa shape index (κ2) is 15.9. The normalized spacial score (nSPS) is 7.69. The first kappa shape index (κ1) is 19.9. The Morgan fingerprint density at radius 1 is 1.06 bits per heavy atom. The second-order valence-electron chi connectivity index (χ2n) is 3.07. The van der Waals surface area contributed by atoms with Crippen LogP contribution in [-0.4, -0.2) is 22.7 Å². The molecule has 96 valence electrons. The van der Waals surface area contributed by atoms with E-state index in [2.05, 4.69) is 0 Å². The van der Waals surface area contributed by atoms with Gasteiger partial charge in [0.1, 0.15) is 0 Å². The lowest BCUT2D eigenvalue weighted by Crippen LogP contribution is -2.07. The first-order valence-electron chi connectivity index (χ1n) is 5.13. The Balaban J connectivity index is -0.000000162. The van der Waals surface area contributed by atoms with Gasteiger partial charge in [0, 0.05) is 19.8 Å². The predicted molar refractivity (Wildman–Crippen MR) is 67.0 cm³/mol. The molecule has 7 N–H and O–H groups in total. The number of aliphatic carboxylic acids is 1. The summed E-state index contributed by atoms with van der Waals surface area (Å²) in [6.45, 7) is 5.09. The molecular weight excluding hydrogens is 208 g/mol. The first-order valence-corrected chi connectivity index (χ1v) is 5.13. The molecule has 0 fully saturated rings. The van der Waals surface area contributed by atoms with Crippen LogP contribution in [0.2, 0.25) is 0 Å². The van der Waals surface area contributed by atoms with Crippen molar-refractivity contribution in [3.8, 4) is 0 Å². The first-order chi connectivity index (χ1) is 7.27. The summed E-state index contributed by atoms with van der Waals surface area (Å²) < 4.78 is 0. The van der Waals surface area contributed by atoms with Gasteiger partial charge in [0.15, 0.2) is 0 Å². The summed E-state index contributed by atoms with van der Waals surface area (Å²) in [7, 11) is 0. The molecule has 6 nitrogen and oxygen atoms in total. The van der Waals surface area contributed by atoms with Gasteiger partial charge in [0.2, 0.25) is 0 Å². The van der Waals surface area contributed by atoms with Gasteiger partial charge in [-0.15, -0.1) is 0 Å². The van der Waals surface area contributed by atoms with E-state index in [1.54, 1.807) is 0 Å². The number of carboxylic acid groups (broad SMARTS) is 1. The predicted octanol–water partition coefficient (Wildman–Crippen LogP) is 1.54.